The lowest BCUT2D eigenvalue weighted by atomic mass is 10.3. The summed E-state index contributed by atoms with van der Waals surface area (Å²) in [7, 11) is 3.49. The van der Waals surface area contributed by atoms with Crippen molar-refractivity contribution in [3.05, 3.63) is 10.0 Å². The molecule has 7 nitrogen and oxygen atoms in total. The van der Waals surface area contributed by atoms with E-state index in [1.807, 2.05) is 7.05 Å². The number of aliphatic carboxylic acids is 1. The molecule has 1 aromatic heterocycles. The Hall–Kier alpha value is -1.38. The summed E-state index contributed by atoms with van der Waals surface area (Å²) in [5.74, 6) is -1.23. The fourth-order valence-corrected chi connectivity index (χ4v) is 2.16. The maximum absolute atomic E-state index is 11.1. The molecule has 0 aliphatic carbocycles. The van der Waals surface area contributed by atoms with Crippen LogP contribution in [0, 0.1) is 0 Å². The highest BCUT2D eigenvalue weighted by Crippen LogP contribution is 2.28. The number of thiazole rings is 1. The predicted molar refractivity (Wildman–Crippen MR) is 75.3 cm³/mol. The van der Waals surface area contributed by atoms with Gasteiger partial charge in [0.05, 0.1) is 0 Å². The monoisotopic (exact) mass is 306 g/mol. The lowest BCUT2D eigenvalue weighted by Gasteiger charge is -2.01. The molecule has 0 amide bonds. The molecule has 0 atom stereocenters. The molecule has 0 fully saturated rings. The SMILES string of the molecule is CNCCCO/N=C(\C(=O)O)c1nc(NC)sc1Cl. The molecule has 1 heterocycles. The first kappa shape index (κ1) is 15.7. The van der Waals surface area contributed by atoms with E-state index < -0.39 is 5.97 Å². The van der Waals surface area contributed by atoms with Gasteiger partial charge in [-0.15, -0.1) is 0 Å². The van der Waals surface area contributed by atoms with Crippen molar-refractivity contribution in [2.24, 2.45) is 5.16 Å². The molecule has 9 heteroatoms. The third-order valence-corrected chi connectivity index (χ3v) is 3.32. The summed E-state index contributed by atoms with van der Waals surface area (Å²) in [5, 5.41) is 18.9. The van der Waals surface area contributed by atoms with Crippen LogP contribution < -0.4 is 10.6 Å². The number of rotatable bonds is 8. The van der Waals surface area contributed by atoms with Crippen molar-refractivity contribution in [1.29, 1.82) is 0 Å². The molecule has 106 valence electrons. The van der Waals surface area contributed by atoms with Gasteiger partial charge in [0.2, 0.25) is 5.71 Å². The molecule has 0 saturated carbocycles. The number of hydrogen-bond acceptors (Lipinski definition) is 7. The summed E-state index contributed by atoms with van der Waals surface area (Å²) < 4.78 is 0.254. The number of halogens is 1. The van der Waals surface area contributed by atoms with Gasteiger partial charge in [0.25, 0.3) is 0 Å². The molecule has 1 aromatic rings. The van der Waals surface area contributed by atoms with Crippen LogP contribution in [0.15, 0.2) is 5.16 Å². The second-order valence-corrected chi connectivity index (χ2v) is 5.03. The third kappa shape index (κ3) is 4.66. The van der Waals surface area contributed by atoms with E-state index in [0.29, 0.717) is 11.7 Å². The Morgan fingerprint density at radius 3 is 2.84 bits per heavy atom. The number of carbonyl (C=O) groups is 1. The molecular formula is C10H15ClN4O3S. The average Bonchev–Trinajstić information content (AvgIpc) is 2.74. The highest BCUT2D eigenvalue weighted by Gasteiger charge is 2.21. The molecule has 0 spiro atoms. The van der Waals surface area contributed by atoms with Crippen molar-refractivity contribution >= 4 is 39.8 Å². The first-order valence-electron chi connectivity index (χ1n) is 5.52. The molecule has 0 aliphatic rings. The minimum absolute atomic E-state index is 0.108. The van der Waals surface area contributed by atoms with E-state index in [1.54, 1.807) is 7.05 Å². The first-order valence-corrected chi connectivity index (χ1v) is 6.72. The van der Waals surface area contributed by atoms with E-state index in [2.05, 4.69) is 20.8 Å². The molecule has 0 saturated heterocycles. The van der Waals surface area contributed by atoms with Gasteiger partial charge in [0, 0.05) is 7.05 Å². The zero-order valence-electron chi connectivity index (χ0n) is 10.6. The highest BCUT2D eigenvalue weighted by atomic mass is 35.5. The highest BCUT2D eigenvalue weighted by molar-refractivity contribution is 7.19. The van der Waals surface area contributed by atoms with Gasteiger partial charge in [0.15, 0.2) is 5.13 Å². The summed E-state index contributed by atoms with van der Waals surface area (Å²) in [5.41, 5.74) is -0.190. The largest absolute Gasteiger partial charge is 0.476 e. The number of oxime groups is 1. The van der Waals surface area contributed by atoms with Crippen LogP contribution >= 0.6 is 22.9 Å². The Bertz CT molecular complexity index is 464. The predicted octanol–water partition coefficient (Wildman–Crippen LogP) is 1.25. The summed E-state index contributed by atoms with van der Waals surface area (Å²) in [6.07, 6.45) is 0.722. The van der Waals surface area contributed by atoms with Gasteiger partial charge in [-0.2, -0.15) is 0 Å². The van der Waals surface area contributed by atoms with Crippen molar-refractivity contribution in [3.8, 4) is 0 Å². The Balaban J connectivity index is 2.79. The zero-order chi connectivity index (χ0) is 14.3. The molecule has 3 N–H and O–H groups in total. The molecule has 0 bridgehead atoms. The van der Waals surface area contributed by atoms with Gasteiger partial charge in [-0.3, -0.25) is 0 Å². The van der Waals surface area contributed by atoms with Crippen LogP contribution in [0.4, 0.5) is 5.13 Å². The van der Waals surface area contributed by atoms with Gasteiger partial charge in [-0.25, -0.2) is 9.78 Å². The summed E-state index contributed by atoms with van der Waals surface area (Å²) in [6, 6.07) is 0. The smallest absolute Gasteiger partial charge is 0.360 e. The molecule has 19 heavy (non-hydrogen) atoms. The van der Waals surface area contributed by atoms with Gasteiger partial charge in [-0.05, 0) is 20.0 Å². The molecule has 1 rings (SSSR count). The third-order valence-electron chi connectivity index (χ3n) is 2.04. The van der Waals surface area contributed by atoms with Crippen LogP contribution in [0.25, 0.3) is 0 Å². The van der Waals surface area contributed by atoms with Crippen molar-refractivity contribution < 1.29 is 14.7 Å². The summed E-state index contributed by atoms with van der Waals surface area (Å²) in [6.45, 7) is 1.08. The number of nitrogens with one attached hydrogen (secondary N) is 2. The molecule has 0 aromatic carbocycles. The topological polar surface area (TPSA) is 95.8 Å². The van der Waals surface area contributed by atoms with Gasteiger partial charge in [0.1, 0.15) is 16.6 Å². The van der Waals surface area contributed by atoms with E-state index in [9.17, 15) is 4.79 Å². The number of carboxylic acid groups (broad SMARTS) is 1. The number of anilines is 1. The molecular weight excluding hydrogens is 292 g/mol. The minimum atomic E-state index is -1.23. The fraction of sp³-hybridized carbons (Fsp3) is 0.500. The fourth-order valence-electron chi connectivity index (χ4n) is 1.16. The normalized spacial score (nSPS) is 11.4. The van der Waals surface area contributed by atoms with Crippen LogP contribution in [0.5, 0.6) is 0 Å². The maximum atomic E-state index is 11.1. The van der Waals surface area contributed by atoms with E-state index in [0.717, 1.165) is 24.3 Å². The van der Waals surface area contributed by atoms with E-state index >= 15 is 0 Å². The van der Waals surface area contributed by atoms with Crippen LogP contribution in [0.3, 0.4) is 0 Å². The average molecular weight is 307 g/mol. The van der Waals surface area contributed by atoms with Crippen LogP contribution in [0.2, 0.25) is 4.34 Å². The standard InChI is InChI=1S/C10H15ClN4O3S/c1-12-4-3-5-18-15-7(9(16)17)6-8(11)19-10(13-2)14-6/h12H,3-5H2,1-2H3,(H,13,14)(H,16,17)/b15-7-. The van der Waals surface area contributed by atoms with E-state index in [4.69, 9.17) is 21.5 Å². The lowest BCUT2D eigenvalue weighted by molar-refractivity contribution is -0.129. The molecule has 0 aliphatic heterocycles. The summed E-state index contributed by atoms with van der Waals surface area (Å²) >= 11 is 7.07. The van der Waals surface area contributed by atoms with Crippen molar-refractivity contribution in [3.63, 3.8) is 0 Å². The van der Waals surface area contributed by atoms with Crippen molar-refractivity contribution in [2.45, 2.75) is 6.42 Å². The van der Waals surface area contributed by atoms with E-state index in [1.165, 1.54) is 0 Å². The quantitative estimate of drug-likeness (QED) is 0.380. The van der Waals surface area contributed by atoms with Crippen molar-refractivity contribution in [2.75, 3.05) is 32.6 Å². The van der Waals surface area contributed by atoms with Crippen molar-refractivity contribution in [1.82, 2.24) is 10.3 Å². The second kappa shape index (κ2) is 7.93. The zero-order valence-corrected chi connectivity index (χ0v) is 12.1. The van der Waals surface area contributed by atoms with Crippen LogP contribution in [0.1, 0.15) is 12.1 Å². The number of hydrogen-bond donors (Lipinski definition) is 3. The molecule has 0 unspecified atom stereocenters. The number of aromatic nitrogens is 1. The maximum Gasteiger partial charge on any atom is 0.360 e. The Morgan fingerprint density at radius 2 is 2.32 bits per heavy atom. The minimum Gasteiger partial charge on any atom is -0.476 e. The Kier molecular flexibility index (Phi) is 6.54. The Morgan fingerprint density at radius 1 is 1.58 bits per heavy atom. The number of carboxylic acids is 1. The Labute approximate surface area is 119 Å². The van der Waals surface area contributed by atoms with Crippen LogP contribution in [-0.4, -0.2) is 49.0 Å². The van der Waals surface area contributed by atoms with Gasteiger partial charge >= 0.3 is 5.97 Å². The second-order valence-electron chi connectivity index (χ2n) is 3.43. The first-order chi connectivity index (χ1) is 9.10. The molecule has 0 radical (unpaired) electrons. The van der Waals surface area contributed by atoms with Crippen LogP contribution in [-0.2, 0) is 9.63 Å². The van der Waals surface area contributed by atoms with E-state index in [-0.39, 0.29) is 15.7 Å². The summed E-state index contributed by atoms with van der Waals surface area (Å²) in [4.78, 5) is 20.1. The number of nitrogens with zero attached hydrogens (tertiary/aromatic N) is 2. The lowest BCUT2D eigenvalue weighted by Crippen LogP contribution is -2.17. The van der Waals surface area contributed by atoms with Gasteiger partial charge < -0.3 is 20.6 Å². The van der Waals surface area contributed by atoms with Gasteiger partial charge in [-0.1, -0.05) is 28.1 Å².